The SMILES string of the molecule is CC(O)(CC(=O)N1CCC(C2CCOCC2)CC1)c1ccccc1. The van der Waals surface area contributed by atoms with Crippen molar-refractivity contribution in [2.45, 2.75) is 44.6 Å². The van der Waals surface area contributed by atoms with Crippen LogP contribution < -0.4 is 0 Å². The van der Waals surface area contributed by atoms with Crippen LogP contribution in [0.5, 0.6) is 0 Å². The number of hydrogen-bond acceptors (Lipinski definition) is 3. The van der Waals surface area contributed by atoms with Gasteiger partial charge in [0.1, 0.15) is 0 Å². The number of amides is 1. The predicted octanol–water partition coefficient (Wildman–Crippen LogP) is 2.95. The number of likely N-dealkylation sites (tertiary alicyclic amines) is 1. The van der Waals surface area contributed by atoms with E-state index in [1.807, 2.05) is 35.2 Å². The summed E-state index contributed by atoms with van der Waals surface area (Å²) in [5.74, 6) is 1.56. The first-order chi connectivity index (χ1) is 11.6. The quantitative estimate of drug-likeness (QED) is 0.923. The fraction of sp³-hybridized carbons (Fsp3) is 0.650. The molecular formula is C20H29NO3. The molecule has 2 aliphatic heterocycles. The van der Waals surface area contributed by atoms with E-state index in [9.17, 15) is 9.90 Å². The van der Waals surface area contributed by atoms with E-state index in [-0.39, 0.29) is 12.3 Å². The van der Waals surface area contributed by atoms with E-state index in [2.05, 4.69) is 0 Å². The number of rotatable bonds is 4. The standard InChI is InChI=1S/C20H29NO3/c1-20(23,18-5-3-2-4-6-18)15-19(22)21-11-7-16(8-12-21)17-9-13-24-14-10-17/h2-6,16-17,23H,7-15H2,1H3. The number of nitrogens with zero attached hydrogens (tertiary/aromatic N) is 1. The molecule has 2 aliphatic rings. The van der Waals surface area contributed by atoms with Gasteiger partial charge >= 0.3 is 0 Å². The Balaban J connectivity index is 1.51. The smallest absolute Gasteiger partial charge is 0.225 e. The maximum atomic E-state index is 12.6. The highest BCUT2D eigenvalue weighted by Gasteiger charge is 2.33. The Morgan fingerprint density at radius 3 is 2.33 bits per heavy atom. The van der Waals surface area contributed by atoms with Crippen LogP contribution in [-0.4, -0.2) is 42.2 Å². The second-order valence-electron chi connectivity index (χ2n) is 7.48. The van der Waals surface area contributed by atoms with Crippen molar-refractivity contribution in [3.8, 4) is 0 Å². The lowest BCUT2D eigenvalue weighted by Crippen LogP contribution is -2.43. The summed E-state index contributed by atoms with van der Waals surface area (Å²) < 4.78 is 5.45. The molecule has 0 saturated carbocycles. The maximum absolute atomic E-state index is 12.6. The van der Waals surface area contributed by atoms with Crippen molar-refractivity contribution in [1.29, 1.82) is 0 Å². The van der Waals surface area contributed by atoms with E-state index in [1.54, 1.807) is 6.92 Å². The largest absolute Gasteiger partial charge is 0.385 e. The molecule has 0 bridgehead atoms. The Kier molecular flexibility index (Phi) is 5.57. The van der Waals surface area contributed by atoms with Crippen molar-refractivity contribution in [2.24, 2.45) is 11.8 Å². The number of hydrogen-bond donors (Lipinski definition) is 1. The molecule has 2 saturated heterocycles. The molecule has 0 spiro atoms. The lowest BCUT2D eigenvalue weighted by molar-refractivity contribution is -0.138. The fourth-order valence-electron chi connectivity index (χ4n) is 4.11. The minimum absolute atomic E-state index is 0.0641. The molecule has 4 heteroatoms. The summed E-state index contributed by atoms with van der Waals surface area (Å²) in [6.45, 7) is 5.17. The van der Waals surface area contributed by atoms with Crippen LogP contribution in [-0.2, 0) is 15.1 Å². The van der Waals surface area contributed by atoms with Crippen LogP contribution in [0.4, 0.5) is 0 Å². The third kappa shape index (κ3) is 4.17. The Labute approximate surface area is 144 Å². The molecule has 4 nitrogen and oxygen atoms in total. The molecule has 132 valence electrons. The van der Waals surface area contributed by atoms with Gasteiger partial charge in [-0.1, -0.05) is 30.3 Å². The molecule has 0 aromatic heterocycles. The van der Waals surface area contributed by atoms with E-state index in [1.165, 1.54) is 12.8 Å². The highest BCUT2D eigenvalue weighted by molar-refractivity contribution is 5.77. The van der Waals surface area contributed by atoms with Gasteiger partial charge in [0.05, 0.1) is 12.0 Å². The van der Waals surface area contributed by atoms with Gasteiger partial charge in [-0.25, -0.2) is 0 Å². The summed E-state index contributed by atoms with van der Waals surface area (Å²) in [4.78, 5) is 14.6. The Morgan fingerprint density at radius 1 is 1.12 bits per heavy atom. The summed E-state index contributed by atoms with van der Waals surface area (Å²) in [6.07, 6.45) is 4.66. The normalized spacial score (nSPS) is 23.0. The Hall–Kier alpha value is -1.39. The fourth-order valence-corrected chi connectivity index (χ4v) is 4.11. The molecule has 2 fully saturated rings. The molecule has 3 rings (SSSR count). The second kappa shape index (κ2) is 7.66. The van der Waals surface area contributed by atoms with E-state index >= 15 is 0 Å². The highest BCUT2D eigenvalue weighted by atomic mass is 16.5. The molecule has 1 atom stereocenters. The first-order valence-electron chi connectivity index (χ1n) is 9.20. The molecule has 0 aliphatic carbocycles. The van der Waals surface area contributed by atoms with Crippen LogP contribution in [0.25, 0.3) is 0 Å². The number of aliphatic hydroxyl groups is 1. The molecule has 0 radical (unpaired) electrons. The average Bonchev–Trinajstić information content (AvgIpc) is 2.63. The van der Waals surface area contributed by atoms with Gasteiger partial charge in [-0.05, 0) is 50.0 Å². The zero-order valence-corrected chi connectivity index (χ0v) is 14.6. The third-order valence-corrected chi connectivity index (χ3v) is 5.72. The Morgan fingerprint density at radius 2 is 1.71 bits per heavy atom. The molecule has 1 amide bonds. The van der Waals surface area contributed by atoms with Crippen LogP contribution in [0.15, 0.2) is 30.3 Å². The summed E-state index contributed by atoms with van der Waals surface area (Å²) >= 11 is 0. The first-order valence-corrected chi connectivity index (χ1v) is 9.20. The van der Waals surface area contributed by atoms with E-state index < -0.39 is 5.60 Å². The molecule has 2 heterocycles. The number of carbonyl (C=O) groups is 1. The molecule has 1 unspecified atom stereocenters. The van der Waals surface area contributed by atoms with Crippen LogP contribution in [0, 0.1) is 11.8 Å². The van der Waals surface area contributed by atoms with Gasteiger partial charge < -0.3 is 14.7 Å². The van der Waals surface area contributed by atoms with Crippen molar-refractivity contribution in [1.82, 2.24) is 4.90 Å². The molecule has 1 N–H and O–H groups in total. The van der Waals surface area contributed by atoms with Crippen LogP contribution in [0.1, 0.15) is 44.6 Å². The highest BCUT2D eigenvalue weighted by Crippen LogP contribution is 2.33. The Bertz CT molecular complexity index is 529. The van der Waals surface area contributed by atoms with Gasteiger partial charge in [-0.2, -0.15) is 0 Å². The minimum atomic E-state index is -1.10. The molecule has 1 aromatic carbocycles. The summed E-state index contributed by atoms with van der Waals surface area (Å²) in [7, 11) is 0. The van der Waals surface area contributed by atoms with Crippen LogP contribution in [0.2, 0.25) is 0 Å². The van der Waals surface area contributed by atoms with Gasteiger partial charge in [0, 0.05) is 26.3 Å². The number of benzene rings is 1. The van der Waals surface area contributed by atoms with Gasteiger partial charge in [0.25, 0.3) is 0 Å². The van der Waals surface area contributed by atoms with E-state index in [0.717, 1.165) is 56.5 Å². The topological polar surface area (TPSA) is 49.8 Å². The van der Waals surface area contributed by atoms with Crippen molar-refractivity contribution in [3.05, 3.63) is 35.9 Å². The zero-order chi connectivity index (χ0) is 17.0. The van der Waals surface area contributed by atoms with Gasteiger partial charge in [-0.15, -0.1) is 0 Å². The maximum Gasteiger partial charge on any atom is 0.225 e. The van der Waals surface area contributed by atoms with Crippen LogP contribution in [0.3, 0.4) is 0 Å². The van der Waals surface area contributed by atoms with Crippen molar-refractivity contribution < 1.29 is 14.6 Å². The van der Waals surface area contributed by atoms with E-state index in [4.69, 9.17) is 4.74 Å². The lowest BCUT2D eigenvalue weighted by atomic mass is 9.80. The zero-order valence-electron chi connectivity index (χ0n) is 14.6. The monoisotopic (exact) mass is 331 g/mol. The minimum Gasteiger partial charge on any atom is -0.385 e. The van der Waals surface area contributed by atoms with Gasteiger partial charge in [0.2, 0.25) is 5.91 Å². The summed E-state index contributed by atoms with van der Waals surface area (Å²) in [6, 6.07) is 9.47. The number of piperidine rings is 1. The predicted molar refractivity (Wildman–Crippen MR) is 93.5 cm³/mol. The summed E-state index contributed by atoms with van der Waals surface area (Å²) in [5, 5.41) is 10.7. The number of ether oxygens (including phenoxy) is 1. The van der Waals surface area contributed by atoms with Gasteiger partial charge in [-0.3, -0.25) is 4.79 Å². The summed E-state index contributed by atoms with van der Waals surface area (Å²) in [5.41, 5.74) is -0.300. The molecule has 1 aromatic rings. The van der Waals surface area contributed by atoms with Crippen LogP contribution >= 0.6 is 0 Å². The average molecular weight is 331 g/mol. The first kappa shape index (κ1) is 17.4. The van der Waals surface area contributed by atoms with Crippen molar-refractivity contribution in [2.75, 3.05) is 26.3 Å². The second-order valence-corrected chi connectivity index (χ2v) is 7.48. The molecular weight excluding hydrogens is 302 g/mol. The van der Waals surface area contributed by atoms with E-state index in [0.29, 0.717) is 0 Å². The van der Waals surface area contributed by atoms with Crippen molar-refractivity contribution in [3.63, 3.8) is 0 Å². The van der Waals surface area contributed by atoms with Gasteiger partial charge in [0.15, 0.2) is 0 Å². The molecule has 24 heavy (non-hydrogen) atoms. The third-order valence-electron chi connectivity index (χ3n) is 5.72. The lowest BCUT2D eigenvalue weighted by Gasteiger charge is -2.38. The van der Waals surface area contributed by atoms with Crippen molar-refractivity contribution >= 4 is 5.91 Å². The number of carbonyl (C=O) groups excluding carboxylic acids is 1.